The van der Waals surface area contributed by atoms with Gasteiger partial charge in [-0.15, -0.1) is 0 Å². The molecule has 1 N–H and O–H groups in total. The van der Waals surface area contributed by atoms with E-state index < -0.39 is 0 Å². The number of rotatable bonds is 7. The van der Waals surface area contributed by atoms with E-state index in [-0.39, 0.29) is 0 Å². The lowest BCUT2D eigenvalue weighted by molar-refractivity contribution is 0.693. The molecule has 1 aromatic rings. The van der Waals surface area contributed by atoms with Gasteiger partial charge in [0.1, 0.15) is 0 Å². The van der Waals surface area contributed by atoms with Crippen LogP contribution in [0.25, 0.3) is 0 Å². The van der Waals surface area contributed by atoms with Gasteiger partial charge in [0, 0.05) is 33.2 Å². The number of aromatic nitrogens is 3. The standard InChI is InChI=1S/C14H24N6/c1-4-15-12-16-13(19(2)3)18-14(17-12)20(11-7-8-11)9-10-5-6-10/h10-11H,4-9H2,1-3H3,(H,15,16,17,18). The Kier molecular flexibility index (Phi) is 3.63. The van der Waals surface area contributed by atoms with Crippen LogP contribution in [0.2, 0.25) is 0 Å². The Morgan fingerprint density at radius 2 is 1.75 bits per heavy atom. The average Bonchev–Trinajstić information content (AvgIpc) is 3.28. The van der Waals surface area contributed by atoms with Gasteiger partial charge in [0.15, 0.2) is 0 Å². The van der Waals surface area contributed by atoms with Gasteiger partial charge in [0.2, 0.25) is 17.8 Å². The van der Waals surface area contributed by atoms with Crippen molar-refractivity contribution in [1.82, 2.24) is 15.0 Å². The first-order chi connectivity index (χ1) is 9.67. The molecule has 0 aromatic carbocycles. The zero-order valence-electron chi connectivity index (χ0n) is 12.6. The minimum Gasteiger partial charge on any atom is -0.354 e. The summed E-state index contributed by atoms with van der Waals surface area (Å²) in [5.41, 5.74) is 0. The molecule has 2 fully saturated rings. The van der Waals surface area contributed by atoms with Crippen molar-refractivity contribution in [2.45, 2.75) is 38.6 Å². The first-order valence-electron chi connectivity index (χ1n) is 7.61. The molecule has 110 valence electrons. The predicted molar refractivity (Wildman–Crippen MR) is 81.4 cm³/mol. The van der Waals surface area contributed by atoms with Gasteiger partial charge in [-0.05, 0) is 38.5 Å². The molecule has 0 amide bonds. The highest BCUT2D eigenvalue weighted by atomic mass is 15.4. The first kappa shape index (κ1) is 13.4. The normalized spacial score (nSPS) is 17.9. The van der Waals surface area contributed by atoms with E-state index in [2.05, 4.69) is 32.1 Å². The number of hydrogen-bond donors (Lipinski definition) is 1. The van der Waals surface area contributed by atoms with Crippen LogP contribution in [0.4, 0.5) is 17.8 Å². The molecular weight excluding hydrogens is 252 g/mol. The van der Waals surface area contributed by atoms with Crippen LogP contribution in [0, 0.1) is 5.92 Å². The topological polar surface area (TPSA) is 57.2 Å². The van der Waals surface area contributed by atoms with Crippen LogP contribution in [0.3, 0.4) is 0 Å². The minimum absolute atomic E-state index is 0.641. The van der Waals surface area contributed by atoms with Crippen LogP contribution in [-0.4, -0.2) is 48.2 Å². The van der Waals surface area contributed by atoms with Crippen molar-refractivity contribution in [3.8, 4) is 0 Å². The quantitative estimate of drug-likeness (QED) is 0.819. The zero-order valence-corrected chi connectivity index (χ0v) is 12.6. The Labute approximate surface area is 120 Å². The van der Waals surface area contributed by atoms with Crippen LogP contribution < -0.4 is 15.1 Å². The highest BCUT2D eigenvalue weighted by Crippen LogP contribution is 2.36. The molecule has 6 nitrogen and oxygen atoms in total. The lowest BCUT2D eigenvalue weighted by Gasteiger charge is -2.24. The summed E-state index contributed by atoms with van der Waals surface area (Å²) in [7, 11) is 3.94. The second-order valence-electron chi connectivity index (χ2n) is 6.01. The van der Waals surface area contributed by atoms with E-state index in [1.165, 1.54) is 25.7 Å². The molecule has 6 heteroatoms. The SMILES string of the molecule is CCNc1nc(N(C)C)nc(N(CC2CC2)C2CC2)n1. The maximum absolute atomic E-state index is 4.65. The van der Waals surface area contributed by atoms with E-state index in [0.29, 0.717) is 12.0 Å². The Morgan fingerprint density at radius 1 is 1.05 bits per heavy atom. The largest absolute Gasteiger partial charge is 0.354 e. The maximum atomic E-state index is 4.65. The third-order valence-electron chi connectivity index (χ3n) is 3.74. The van der Waals surface area contributed by atoms with Crippen molar-refractivity contribution in [2.24, 2.45) is 5.92 Å². The summed E-state index contributed by atoms with van der Waals surface area (Å²) in [5.74, 6) is 3.10. The second-order valence-corrected chi connectivity index (χ2v) is 6.01. The van der Waals surface area contributed by atoms with E-state index in [4.69, 9.17) is 0 Å². The summed E-state index contributed by atoms with van der Waals surface area (Å²) < 4.78 is 0. The molecule has 0 atom stereocenters. The van der Waals surface area contributed by atoms with Crippen LogP contribution in [0.1, 0.15) is 32.6 Å². The van der Waals surface area contributed by atoms with E-state index in [9.17, 15) is 0 Å². The van der Waals surface area contributed by atoms with Crippen molar-refractivity contribution in [3.05, 3.63) is 0 Å². The van der Waals surface area contributed by atoms with Gasteiger partial charge in [-0.2, -0.15) is 15.0 Å². The van der Waals surface area contributed by atoms with Gasteiger partial charge in [-0.25, -0.2) is 0 Å². The fraction of sp³-hybridized carbons (Fsp3) is 0.786. The lowest BCUT2D eigenvalue weighted by Crippen LogP contribution is -2.31. The Hall–Kier alpha value is -1.59. The van der Waals surface area contributed by atoms with Crippen molar-refractivity contribution in [2.75, 3.05) is 42.3 Å². The fourth-order valence-corrected chi connectivity index (χ4v) is 2.28. The van der Waals surface area contributed by atoms with Crippen molar-refractivity contribution in [1.29, 1.82) is 0 Å². The maximum Gasteiger partial charge on any atom is 0.232 e. The van der Waals surface area contributed by atoms with E-state index in [1.807, 2.05) is 19.0 Å². The molecule has 0 saturated heterocycles. The summed E-state index contributed by atoms with van der Waals surface area (Å²) >= 11 is 0. The molecule has 2 aliphatic carbocycles. The molecule has 1 aromatic heterocycles. The van der Waals surface area contributed by atoms with Gasteiger partial charge in [-0.3, -0.25) is 0 Å². The van der Waals surface area contributed by atoms with Gasteiger partial charge < -0.3 is 15.1 Å². The summed E-state index contributed by atoms with van der Waals surface area (Å²) in [6.07, 6.45) is 5.25. The molecule has 1 heterocycles. The van der Waals surface area contributed by atoms with E-state index >= 15 is 0 Å². The van der Waals surface area contributed by atoms with Gasteiger partial charge in [0.25, 0.3) is 0 Å². The van der Waals surface area contributed by atoms with Crippen LogP contribution in [0.5, 0.6) is 0 Å². The molecule has 2 aliphatic rings. The van der Waals surface area contributed by atoms with Gasteiger partial charge in [0.05, 0.1) is 0 Å². The Balaban J connectivity index is 1.87. The molecule has 0 radical (unpaired) electrons. The van der Waals surface area contributed by atoms with Gasteiger partial charge in [-0.1, -0.05) is 0 Å². The van der Waals surface area contributed by atoms with E-state index in [1.54, 1.807) is 0 Å². The third-order valence-corrected chi connectivity index (χ3v) is 3.74. The molecule has 0 spiro atoms. The first-order valence-corrected chi connectivity index (χ1v) is 7.61. The van der Waals surface area contributed by atoms with Gasteiger partial charge >= 0.3 is 0 Å². The summed E-state index contributed by atoms with van der Waals surface area (Å²) in [4.78, 5) is 18.0. The van der Waals surface area contributed by atoms with Crippen molar-refractivity contribution in [3.63, 3.8) is 0 Å². The third kappa shape index (κ3) is 3.11. The molecule has 20 heavy (non-hydrogen) atoms. The van der Waals surface area contributed by atoms with Crippen LogP contribution in [-0.2, 0) is 0 Å². The predicted octanol–water partition coefficient (Wildman–Crippen LogP) is 1.75. The van der Waals surface area contributed by atoms with Crippen LogP contribution >= 0.6 is 0 Å². The smallest absolute Gasteiger partial charge is 0.232 e. The number of hydrogen-bond acceptors (Lipinski definition) is 6. The Bertz CT molecular complexity index is 467. The molecule has 3 rings (SSSR count). The number of anilines is 3. The average molecular weight is 276 g/mol. The minimum atomic E-state index is 0.641. The molecule has 2 saturated carbocycles. The highest BCUT2D eigenvalue weighted by Gasteiger charge is 2.35. The molecular formula is C14H24N6. The molecule has 0 aliphatic heterocycles. The zero-order chi connectivity index (χ0) is 14.1. The van der Waals surface area contributed by atoms with Crippen molar-refractivity contribution < 1.29 is 0 Å². The fourth-order valence-electron chi connectivity index (χ4n) is 2.28. The summed E-state index contributed by atoms with van der Waals surface area (Å²) in [6.45, 7) is 3.98. The highest BCUT2D eigenvalue weighted by molar-refractivity contribution is 5.46. The second kappa shape index (κ2) is 5.42. The monoisotopic (exact) mass is 276 g/mol. The number of nitrogens with zero attached hydrogens (tertiary/aromatic N) is 5. The summed E-state index contributed by atoms with van der Waals surface area (Å²) in [6, 6.07) is 0.641. The lowest BCUT2D eigenvalue weighted by atomic mass is 10.3. The molecule has 0 unspecified atom stereocenters. The van der Waals surface area contributed by atoms with Crippen molar-refractivity contribution >= 4 is 17.8 Å². The van der Waals surface area contributed by atoms with Crippen LogP contribution in [0.15, 0.2) is 0 Å². The molecule has 0 bridgehead atoms. The summed E-state index contributed by atoms with van der Waals surface area (Å²) in [5, 5.41) is 3.21. The number of nitrogens with one attached hydrogen (secondary N) is 1. The van der Waals surface area contributed by atoms with E-state index in [0.717, 1.165) is 30.9 Å². The Morgan fingerprint density at radius 3 is 2.30 bits per heavy atom.